The van der Waals surface area contributed by atoms with E-state index in [9.17, 15) is 0 Å². The van der Waals surface area contributed by atoms with Gasteiger partial charge in [-0.3, -0.25) is 0 Å². The molecule has 3 rings (SSSR count). The van der Waals surface area contributed by atoms with E-state index >= 15 is 0 Å². The second kappa shape index (κ2) is 5.52. The number of hydrogen-bond donors (Lipinski definition) is 0. The molecule has 0 nitrogen and oxygen atoms in total. The van der Waals surface area contributed by atoms with Crippen molar-refractivity contribution < 1.29 is 0 Å². The molecule has 0 saturated heterocycles. The Morgan fingerprint density at radius 2 is 1.25 bits per heavy atom. The molecule has 0 unspecified atom stereocenters. The van der Waals surface area contributed by atoms with E-state index in [0.29, 0.717) is 0 Å². The largest absolute Gasteiger partial charge is 0.0776 e. The number of benzene rings is 1. The van der Waals surface area contributed by atoms with Crippen LogP contribution in [-0.4, -0.2) is 0 Å². The van der Waals surface area contributed by atoms with Gasteiger partial charge in [-0.25, -0.2) is 0 Å². The smallest absolute Gasteiger partial charge is 0.0270 e. The molecular formula is C16H26. The second-order valence-electron chi connectivity index (χ2n) is 4.48. The minimum absolute atomic E-state index is 0. The molecule has 0 fully saturated rings. The first-order valence-electron chi connectivity index (χ1n) is 6.49. The van der Waals surface area contributed by atoms with Crippen molar-refractivity contribution in [3.05, 3.63) is 33.9 Å². The van der Waals surface area contributed by atoms with E-state index in [1.165, 1.54) is 38.5 Å². The van der Waals surface area contributed by atoms with Crippen molar-refractivity contribution in [1.29, 1.82) is 0 Å². The molecule has 0 saturated carbocycles. The summed E-state index contributed by atoms with van der Waals surface area (Å²) in [6.07, 6.45) is 8.13. The van der Waals surface area contributed by atoms with E-state index in [1.54, 1.807) is 27.8 Å². The molecule has 0 spiro atoms. The van der Waals surface area contributed by atoms with Crippen LogP contribution in [0.2, 0.25) is 0 Å². The maximum Gasteiger partial charge on any atom is -0.0270 e. The molecular weight excluding hydrogens is 192 g/mol. The Hall–Kier alpha value is -0.780. The Kier molecular flexibility index (Phi) is 4.58. The van der Waals surface area contributed by atoms with Crippen molar-refractivity contribution in [1.82, 2.24) is 0 Å². The summed E-state index contributed by atoms with van der Waals surface area (Å²) < 4.78 is 0. The number of aryl methyl sites for hydroxylation is 2. The third-order valence-corrected chi connectivity index (χ3v) is 3.77. The van der Waals surface area contributed by atoms with Crippen LogP contribution in [0.5, 0.6) is 0 Å². The molecule has 0 aliphatic heterocycles. The predicted octanol–water partition coefficient (Wildman–Crippen LogP) is 4.63. The minimum atomic E-state index is 0. The maximum absolute atomic E-state index is 2.50. The third kappa shape index (κ3) is 2.03. The molecule has 2 aliphatic rings. The number of rotatable bonds is 0. The van der Waals surface area contributed by atoms with Crippen LogP contribution in [-0.2, 0) is 25.7 Å². The molecule has 1 aromatic carbocycles. The fraction of sp³-hybridized carbons (Fsp3) is 0.625. The summed E-state index contributed by atoms with van der Waals surface area (Å²) in [7, 11) is 0. The van der Waals surface area contributed by atoms with Gasteiger partial charge in [-0.05, 0) is 73.3 Å². The van der Waals surface area contributed by atoms with Crippen molar-refractivity contribution in [3.8, 4) is 0 Å². The van der Waals surface area contributed by atoms with Crippen molar-refractivity contribution in [3.63, 3.8) is 0 Å². The average Bonchev–Trinajstić information content (AvgIpc) is 2.89. The van der Waals surface area contributed by atoms with E-state index in [2.05, 4.69) is 13.0 Å². The van der Waals surface area contributed by atoms with Crippen LogP contribution >= 0.6 is 0 Å². The molecule has 0 aromatic heterocycles. The van der Waals surface area contributed by atoms with Gasteiger partial charge in [0.15, 0.2) is 0 Å². The highest BCUT2D eigenvalue weighted by Gasteiger charge is 2.21. The van der Waals surface area contributed by atoms with Crippen LogP contribution in [0, 0.1) is 6.92 Å². The monoisotopic (exact) mass is 218 g/mol. The van der Waals surface area contributed by atoms with Crippen LogP contribution in [0.1, 0.15) is 61.9 Å². The lowest BCUT2D eigenvalue weighted by Crippen LogP contribution is -1.95. The Labute approximate surface area is 101 Å². The van der Waals surface area contributed by atoms with Gasteiger partial charge < -0.3 is 0 Å². The van der Waals surface area contributed by atoms with Crippen LogP contribution in [0.3, 0.4) is 0 Å². The van der Waals surface area contributed by atoms with Crippen LogP contribution in [0.4, 0.5) is 0 Å². The lowest BCUT2D eigenvalue weighted by Gasteiger charge is -2.10. The lowest BCUT2D eigenvalue weighted by atomic mass is 9.95. The molecule has 0 radical (unpaired) electrons. The normalized spacial score (nSPS) is 15.7. The van der Waals surface area contributed by atoms with Gasteiger partial charge in [0, 0.05) is 0 Å². The highest BCUT2D eigenvalue weighted by atomic mass is 14.3. The van der Waals surface area contributed by atoms with Crippen molar-refractivity contribution in [2.75, 3.05) is 0 Å². The van der Waals surface area contributed by atoms with Gasteiger partial charge in [0.25, 0.3) is 0 Å². The van der Waals surface area contributed by atoms with Gasteiger partial charge in [0.1, 0.15) is 0 Å². The average molecular weight is 218 g/mol. The standard InChI is InChI=1S/C13H16.C2H6.CH4/c1-9-12-6-2-4-10(12)8-11-5-3-7-13(9)11;1-2;/h8H,2-7H2,1H3;1-2H3;1H4. The Bertz CT molecular complexity index is 329. The van der Waals surface area contributed by atoms with Gasteiger partial charge in [0.2, 0.25) is 0 Å². The summed E-state index contributed by atoms with van der Waals surface area (Å²) in [5.74, 6) is 0. The zero-order valence-corrected chi connectivity index (χ0v) is 10.3. The van der Waals surface area contributed by atoms with E-state index in [1.807, 2.05) is 13.8 Å². The quantitative estimate of drug-likeness (QED) is 0.595. The summed E-state index contributed by atoms with van der Waals surface area (Å²) in [6.45, 7) is 6.34. The summed E-state index contributed by atoms with van der Waals surface area (Å²) in [5.41, 5.74) is 8.36. The van der Waals surface area contributed by atoms with Gasteiger partial charge >= 0.3 is 0 Å². The highest BCUT2D eigenvalue weighted by Crippen LogP contribution is 2.34. The predicted molar refractivity (Wildman–Crippen MR) is 73.3 cm³/mol. The summed E-state index contributed by atoms with van der Waals surface area (Å²) in [4.78, 5) is 0. The molecule has 90 valence electrons. The topological polar surface area (TPSA) is 0 Å². The molecule has 0 N–H and O–H groups in total. The van der Waals surface area contributed by atoms with E-state index in [0.717, 1.165) is 0 Å². The lowest BCUT2D eigenvalue weighted by molar-refractivity contribution is 0.893. The van der Waals surface area contributed by atoms with Crippen LogP contribution in [0.15, 0.2) is 6.07 Å². The molecule has 0 heteroatoms. The molecule has 0 bridgehead atoms. The summed E-state index contributed by atoms with van der Waals surface area (Å²) in [6, 6.07) is 2.50. The summed E-state index contributed by atoms with van der Waals surface area (Å²) >= 11 is 0. The number of hydrogen-bond acceptors (Lipinski definition) is 0. The third-order valence-electron chi connectivity index (χ3n) is 3.77. The van der Waals surface area contributed by atoms with Crippen molar-refractivity contribution >= 4 is 0 Å². The summed E-state index contributed by atoms with van der Waals surface area (Å²) in [5, 5.41) is 0. The van der Waals surface area contributed by atoms with Crippen LogP contribution < -0.4 is 0 Å². The van der Waals surface area contributed by atoms with Gasteiger partial charge in [-0.1, -0.05) is 27.3 Å². The van der Waals surface area contributed by atoms with E-state index in [-0.39, 0.29) is 7.43 Å². The number of fused-ring (bicyclic) bond motifs is 2. The Morgan fingerprint density at radius 1 is 0.812 bits per heavy atom. The first kappa shape index (κ1) is 13.3. The van der Waals surface area contributed by atoms with Gasteiger partial charge in [-0.15, -0.1) is 0 Å². The molecule has 1 aromatic rings. The van der Waals surface area contributed by atoms with E-state index in [4.69, 9.17) is 0 Å². The molecule has 0 amide bonds. The van der Waals surface area contributed by atoms with E-state index < -0.39 is 0 Å². The first-order chi connectivity index (χ1) is 7.36. The SMILES string of the molecule is C.CC.Cc1c2c(cc3c1CCC3)CCC2. The van der Waals surface area contributed by atoms with Crippen LogP contribution in [0.25, 0.3) is 0 Å². The zero-order valence-electron chi connectivity index (χ0n) is 10.3. The maximum atomic E-state index is 2.50. The minimum Gasteiger partial charge on any atom is -0.0776 e. The fourth-order valence-electron chi connectivity index (χ4n) is 3.10. The molecule has 16 heavy (non-hydrogen) atoms. The van der Waals surface area contributed by atoms with Gasteiger partial charge in [0.05, 0.1) is 0 Å². The molecule has 0 heterocycles. The molecule has 0 atom stereocenters. The Balaban J connectivity index is 0.000000406. The second-order valence-corrected chi connectivity index (χ2v) is 4.48. The molecule has 2 aliphatic carbocycles. The fourth-order valence-corrected chi connectivity index (χ4v) is 3.10. The zero-order chi connectivity index (χ0) is 10.8. The van der Waals surface area contributed by atoms with Crippen molar-refractivity contribution in [2.24, 2.45) is 0 Å². The Morgan fingerprint density at radius 3 is 1.69 bits per heavy atom. The van der Waals surface area contributed by atoms with Gasteiger partial charge in [-0.2, -0.15) is 0 Å². The first-order valence-corrected chi connectivity index (χ1v) is 6.49. The highest BCUT2D eigenvalue weighted by molar-refractivity contribution is 5.49. The van der Waals surface area contributed by atoms with Crippen molar-refractivity contribution in [2.45, 2.75) is 66.7 Å².